The van der Waals surface area contributed by atoms with Gasteiger partial charge in [0.05, 0.1) is 22.8 Å². The van der Waals surface area contributed by atoms with Gasteiger partial charge in [-0.1, -0.05) is 36.4 Å². The first kappa shape index (κ1) is 17.2. The highest BCUT2D eigenvalue weighted by atomic mass is 35.5. The Morgan fingerprint density at radius 3 is 2.79 bits per heavy atom. The molecule has 138 valence electrons. The molecule has 2 aromatic heterocycles. The van der Waals surface area contributed by atoms with Crippen LogP contribution in [0.1, 0.15) is 11.1 Å². The van der Waals surface area contributed by atoms with Crippen molar-refractivity contribution >= 4 is 34.4 Å². The summed E-state index contributed by atoms with van der Waals surface area (Å²) in [5, 5.41) is 20.9. The summed E-state index contributed by atoms with van der Waals surface area (Å²) in [6.45, 7) is 3.96. The number of aromatic amines is 1. The molecule has 3 heterocycles. The number of benzene rings is 2. The number of nitrogens with one attached hydrogen (secondary N) is 2. The third-order valence-electron chi connectivity index (χ3n) is 4.88. The number of rotatable bonds is 2. The molecular weight excluding hydrogens is 382 g/mol. The van der Waals surface area contributed by atoms with Gasteiger partial charge in [0.15, 0.2) is 0 Å². The van der Waals surface area contributed by atoms with Crippen LogP contribution in [0.5, 0.6) is 0 Å². The zero-order chi connectivity index (χ0) is 20.0. The van der Waals surface area contributed by atoms with Gasteiger partial charge in [0.25, 0.3) is 0 Å². The summed E-state index contributed by atoms with van der Waals surface area (Å²) in [6, 6.07) is 17.6. The van der Waals surface area contributed by atoms with E-state index in [0.717, 1.165) is 50.4 Å². The van der Waals surface area contributed by atoms with Gasteiger partial charge in [-0.05, 0) is 48.0 Å². The van der Waals surface area contributed by atoms with Gasteiger partial charge >= 0.3 is 0 Å². The van der Waals surface area contributed by atoms with Gasteiger partial charge in [-0.3, -0.25) is 5.10 Å². The van der Waals surface area contributed by atoms with Crippen LogP contribution in [-0.2, 0) is 0 Å². The molecule has 0 saturated carbocycles. The van der Waals surface area contributed by atoms with E-state index in [4.69, 9.17) is 16.6 Å². The topological polar surface area (TPSA) is 77.4 Å². The van der Waals surface area contributed by atoms with E-state index in [1.807, 2.05) is 48.6 Å². The molecule has 0 atom stereocenters. The monoisotopic (exact) mass is 395 g/mol. The molecule has 0 unspecified atom stereocenters. The molecule has 29 heavy (non-hydrogen) atoms. The lowest BCUT2D eigenvalue weighted by molar-refractivity contribution is 1.12. The molecule has 0 saturated heterocycles. The fraction of sp³-hybridized carbons (Fsp3) is 0. The Morgan fingerprint density at radius 2 is 1.93 bits per heavy atom. The summed E-state index contributed by atoms with van der Waals surface area (Å²) in [5.74, 6) is 0.737. The van der Waals surface area contributed by atoms with E-state index in [0.29, 0.717) is 10.7 Å². The van der Waals surface area contributed by atoms with Gasteiger partial charge in [0.2, 0.25) is 0 Å². The SMILES string of the molecule is C=C1C=Cc2cc(-c3ccc4n[nH]c(Cl)c4c3)c(-c3cccc(C#N)c3)nc2N1. The molecule has 0 radical (unpaired) electrons. The lowest BCUT2D eigenvalue weighted by Gasteiger charge is -2.18. The Morgan fingerprint density at radius 1 is 1.03 bits per heavy atom. The number of nitrogens with zero attached hydrogens (tertiary/aromatic N) is 3. The van der Waals surface area contributed by atoms with Crippen LogP contribution in [-0.4, -0.2) is 15.2 Å². The predicted octanol–water partition coefficient (Wildman–Crippen LogP) is 5.77. The van der Waals surface area contributed by atoms with Crippen LogP contribution in [0.2, 0.25) is 5.15 Å². The maximum atomic E-state index is 9.32. The van der Waals surface area contributed by atoms with Gasteiger partial charge in [-0.2, -0.15) is 10.4 Å². The number of halogens is 1. The summed E-state index contributed by atoms with van der Waals surface area (Å²) >= 11 is 6.26. The van der Waals surface area contributed by atoms with Gasteiger partial charge < -0.3 is 5.32 Å². The van der Waals surface area contributed by atoms with Crippen LogP contribution < -0.4 is 5.32 Å². The molecule has 2 N–H and O–H groups in total. The Bertz CT molecular complexity index is 1370. The number of allylic oxidation sites excluding steroid dienone is 1. The zero-order valence-corrected chi connectivity index (χ0v) is 16.0. The van der Waals surface area contributed by atoms with Crippen LogP contribution in [0.15, 0.2) is 66.9 Å². The molecule has 5 nitrogen and oxygen atoms in total. The van der Waals surface area contributed by atoms with E-state index in [-0.39, 0.29) is 0 Å². The number of hydrogen-bond donors (Lipinski definition) is 2. The van der Waals surface area contributed by atoms with Crippen LogP contribution in [0, 0.1) is 11.3 Å². The van der Waals surface area contributed by atoms with Gasteiger partial charge in [0.1, 0.15) is 11.0 Å². The van der Waals surface area contributed by atoms with Gasteiger partial charge in [-0.15, -0.1) is 0 Å². The van der Waals surface area contributed by atoms with Crippen LogP contribution in [0.4, 0.5) is 5.82 Å². The summed E-state index contributed by atoms with van der Waals surface area (Å²) in [5.41, 5.74) is 6.67. The minimum absolute atomic E-state index is 0.499. The highest BCUT2D eigenvalue weighted by Crippen LogP contribution is 2.37. The number of fused-ring (bicyclic) bond motifs is 2. The molecule has 0 bridgehead atoms. The first-order valence-electron chi connectivity index (χ1n) is 8.96. The van der Waals surface area contributed by atoms with Crippen molar-refractivity contribution in [2.75, 3.05) is 5.32 Å². The Kier molecular flexibility index (Phi) is 3.94. The summed E-state index contributed by atoms with van der Waals surface area (Å²) in [6.07, 6.45) is 3.91. The zero-order valence-electron chi connectivity index (χ0n) is 15.2. The van der Waals surface area contributed by atoms with Crippen LogP contribution in [0.25, 0.3) is 39.4 Å². The maximum Gasteiger partial charge on any atom is 0.138 e. The molecule has 0 aliphatic carbocycles. The lowest BCUT2D eigenvalue weighted by Crippen LogP contribution is -2.06. The normalized spacial score (nSPS) is 12.5. The second kappa shape index (κ2) is 6.62. The molecular formula is C23H14ClN5. The fourth-order valence-corrected chi connectivity index (χ4v) is 3.66. The van der Waals surface area contributed by atoms with E-state index in [9.17, 15) is 5.26 Å². The van der Waals surface area contributed by atoms with Crippen molar-refractivity contribution in [3.63, 3.8) is 0 Å². The molecule has 0 fully saturated rings. The summed E-state index contributed by atoms with van der Waals surface area (Å²) in [7, 11) is 0. The molecule has 2 aromatic carbocycles. The number of nitriles is 1. The van der Waals surface area contributed by atoms with Crippen LogP contribution in [0.3, 0.4) is 0 Å². The molecule has 6 heteroatoms. The van der Waals surface area contributed by atoms with Gasteiger partial charge in [0, 0.05) is 27.8 Å². The van der Waals surface area contributed by atoms with Crippen molar-refractivity contribution in [1.29, 1.82) is 5.26 Å². The smallest absolute Gasteiger partial charge is 0.138 e. The summed E-state index contributed by atoms with van der Waals surface area (Å²) in [4.78, 5) is 4.89. The van der Waals surface area contributed by atoms with Gasteiger partial charge in [-0.25, -0.2) is 4.98 Å². The number of H-pyrrole nitrogens is 1. The van der Waals surface area contributed by atoms with Crippen molar-refractivity contribution in [3.8, 4) is 28.5 Å². The van der Waals surface area contributed by atoms with E-state index in [1.54, 1.807) is 6.07 Å². The molecule has 0 spiro atoms. The maximum absolute atomic E-state index is 9.32. The first-order valence-corrected chi connectivity index (χ1v) is 9.34. The highest BCUT2D eigenvalue weighted by Gasteiger charge is 2.17. The molecule has 0 amide bonds. The fourth-order valence-electron chi connectivity index (χ4n) is 3.46. The minimum atomic E-state index is 0.499. The van der Waals surface area contributed by atoms with Crippen molar-refractivity contribution in [2.24, 2.45) is 0 Å². The van der Waals surface area contributed by atoms with E-state index in [1.165, 1.54) is 0 Å². The van der Waals surface area contributed by atoms with Crippen molar-refractivity contribution in [3.05, 3.63) is 83.2 Å². The number of aromatic nitrogens is 3. The number of pyridine rings is 1. The Hall–Kier alpha value is -3.88. The standard InChI is InChI=1S/C23H14ClN5/c1-13-5-6-17-11-18(15-7-8-20-19(10-15)22(24)29-28-20)21(27-23(17)26-13)16-4-2-3-14(9-16)12-25/h2-11H,1H2,(H,26,27)(H,28,29). The molecule has 1 aliphatic heterocycles. The van der Waals surface area contributed by atoms with E-state index < -0.39 is 0 Å². The largest absolute Gasteiger partial charge is 0.340 e. The quantitative estimate of drug-likeness (QED) is 0.451. The van der Waals surface area contributed by atoms with Crippen molar-refractivity contribution < 1.29 is 0 Å². The summed E-state index contributed by atoms with van der Waals surface area (Å²) < 4.78 is 0. The second-order valence-electron chi connectivity index (χ2n) is 6.77. The van der Waals surface area contributed by atoms with Crippen molar-refractivity contribution in [2.45, 2.75) is 0 Å². The average Bonchev–Trinajstić information content (AvgIpc) is 3.13. The van der Waals surface area contributed by atoms with E-state index in [2.05, 4.69) is 34.2 Å². The first-order chi connectivity index (χ1) is 14.1. The Labute approximate surface area is 172 Å². The highest BCUT2D eigenvalue weighted by molar-refractivity contribution is 6.34. The second-order valence-corrected chi connectivity index (χ2v) is 7.15. The minimum Gasteiger partial charge on any atom is -0.340 e. The van der Waals surface area contributed by atoms with Crippen LogP contribution >= 0.6 is 11.6 Å². The van der Waals surface area contributed by atoms with E-state index >= 15 is 0 Å². The third-order valence-corrected chi connectivity index (χ3v) is 5.17. The predicted molar refractivity (Wildman–Crippen MR) is 116 cm³/mol. The molecule has 5 rings (SSSR count). The molecule has 4 aromatic rings. The lowest BCUT2D eigenvalue weighted by atomic mass is 9.95. The molecule has 1 aliphatic rings. The average molecular weight is 396 g/mol. The number of hydrogen-bond acceptors (Lipinski definition) is 4. The number of anilines is 1. The van der Waals surface area contributed by atoms with Crippen molar-refractivity contribution in [1.82, 2.24) is 15.2 Å². The third kappa shape index (κ3) is 2.96. The Balaban J connectivity index is 1.78.